The first kappa shape index (κ1) is 19.6. The van der Waals surface area contributed by atoms with Gasteiger partial charge in [0, 0.05) is 18.5 Å². The van der Waals surface area contributed by atoms with Crippen molar-refractivity contribution in [2.45, 2.75) is 26.7 Å². The van der Waals surface area contributed by atoms with Crippen LogP contribution in [-0.4, -0.2) is 55.6 Å². The summed E-state index contributed by atoms with van der Waals surface area (Å²) < 4.78 is 9.31. The van der Waals surface area contributed by atoms with Crippen LogP contribution in [-0.2, 0) is 19.1 Å². The van der Waals surface area contributed by atoms with Gasteiger partial charge in [-0.3, -0.25) is 0 Å². The van der Waals surface area contributed by atoms with Gasteiger partial charge in [-0.2, -0.15) is 0 Å². The molecule has 0 aromatic heterocycles. The molecular weight excluding hydrogens is 292 g/mol. The van der Waals surface area contributed by atoms with Crippen LogP contribution in [0.1, 0.15) is 26.7 Å². The fourth-order valence-corrected chi connectivity index (χ4v) is 1.39. The molecule has 0 bridgehead atoms. The third kappa shape index (κ3) is 8.03. The van der Waals surface area contributed by atoms with Crippen LogP contribution in [0.2, 0.25) is 0 Å². The Bertz CT molecular complexity index is 447. The number of ether oxygens (including phenoxy) is 2. The highest BCUT2D eigenvalue weighted by Gasteiger charge is 2.21. The van der Waals surface area contributed by atoms with E-state index >= 15 is 0 Å². The second-order valence-corrected chi connectivity index (χ2v) is 4.58. The Balaban J connectivity index is 4.27. The third-order valence-electron chi connectivity index (χ3n) is 2.51. The topological polar surface area (TPSA) is 102 Å². The molecule has 0 saturated heterocycles. The molecule has 0 heterocycles. The number of imide groups is 1. The number of urea groups is 1. The fourth-order valence-electron chi connectivity index (χ4n) is 1.39. The van der Waals surface area contributed by atoms with Crippen LogP contribution in [0, 0.1) is 0 Å². The van der Waals surface area contributed by atoms with Gasteiger partial charge in [-0.15, -0.1) is 0 Å². The zero-order chi connectivity index (χ0) is 17.1. The Hall–Kier alpha value is -2.38. The first-order chi connectivity index (χ1) is 10.3. The van der Waals surface area contributed by atoms with Crippen LogP contribution >= 0.6 is 0 Å². The zero-order valence-electron chi connectivity index (χ0n) is 13.1. The molecule has 1 N–H and O–H groups in total. The van der Waals surface area contributed by atoms with Gasteiger partial charge in [0.15, 0.2) is 0 Å². The Morgan fingerprint density at radius 2 is 1.82 bits per heavy atom. The highest BCUT2D eigenvalue weighted by molar-refractivity contribution is 5.91. The molecule has 0 saturated carbocycles. The number of hydrogen-bond acceptors (Lipinski definition) is 6. The largest absolute Gasteiger partial charge is 0.460 e. The number of nitrogens with zero attached hydrogens (tertiary/aromatic N) is 1. The molecule has 0 aromatic rings. The molecule has 0 aliphatic heterocycles. The lowest BCUT2D eigenvalue weighted by atomic mass is 10.2. The van der Waals surface area contributed by atoms with Crippen molar-refractivity contribution in [3.8, 4) is 0 Å². The highest BCUT2D eigenvalue weighted by Crippen LogP contribution is 2.00. The minimum Gasteiger partial charge on any atom is -0.460 e. The normalized spacial score (nSPS) is 9.59. The van der Waals surface area contributed by atoms with Crippen molar-refractivity contribution in [3.05, 3.63) is 12.2 Å². The molecule has 8 heteroatoms. The van der Waals surface area contributed by atoms with Crippen LogP contribution < -0.4 is 5.32 Å². The van der Waals surface area contributed by atoms with Gasteiger partial charge in [0.1, 0.15) is 12.4 Å². The van der Waals surface area contributed by atoms with Crippen LogP contribution in [0.3, 0.4) is 0 Å². The number of nitrogens with one attached hydrogen (secondary N) is 1. The predicted octanol–water partition coefficient (Wildman–Crippen LogP) is 1.25. The van der Waals surface area contributed by atoms with Gasteiger partial charge in [0.2, 0.25) is 0 Å². The maximum absolute atomic E-state index is 11.9. The quantitative estimate of drug-likeness (QED) is 0.411. The Labute approximate surface area is 129 Å². The maximum atomic E-state index is 11.9. The van der Waals surface area contributed by atoms with Crippen LogP contribution in [0.4, 0.5) is 9.59 Å². The summed E-state index contributed by atoms with van der Waals surface area (Å²) in [5.41, 5.74) is 0.256. The molecule has 0 aromatic carbocycles. The summed E-state index contributed by atoms with van der Waals surface area (Å²) in [5, 5.41) is 2.42. The Kier molecular flexibility index (Phi) is 9.24. The standard InChI is InChI=1S/C14H22N2O6/c1-10(2)12(18)22-9-7-15-13(19)16(14(20)21-4)8-5-6-11(3)17/h1,5-9H2,2-4H3,(H,15,19). The van der Waals surface area contributed by atoms with Gasteiger partial charge >= 0.3 is 18.1 Å². The molecule has 0 spiro atoms. The minimum atomic E-state index is -0.819. The van der Waals surface area contributed by atoms with Crippen molar-refractivity contribution in [2.24, 2.45) is 0 Å². The summed E-state index contributed by atoms with van der Waals surface area (Å²) in [7, 11) is 1.15. The lowest BCUT2D eigenvalue weighted by molar-refractivity contribution is -0.138. The minimum absolute atomic E-state index is 0.0306. The number of ketones is 1. The third-order valence-corrected chi connectivity index (χ3v) is 2.51. The Morgan fingerprint density at radius 1 is 1.18 bits per heavy atom. The zero-order valence-corrected chi connectivity index (χ0v) is 13.1. The van der Waals surface area contributed by atoms with E-state index in [2.05, 4.69) is 16.6 Å². The maximum Gasteiger partial charge on any atom is 0.417 e. The van der Waals surface area contributed by atoms with Crippen molar-refractivity contribution >= 4 is 23.9 Å². The van der Waals surface area contributed by atoms with E-state index in [-0.39, 0.29) is 37.5 Å². The first-order valence-corrected chi connectivity index (χ1v) is 6.75. The number of carbonyl (C=O) groups excluding carboxylic acids is 4. The molecular formula is C14H22N2O6. The Morgan fingerprint density at radius 3 is 2.32 bits per heavy atom. The molecule has 0 atom stereocenters. The second kappa shape index (κ2) is 10.4. The number of Topliss-reactive ketones (excluding diaryl/α,β-unsaturated/α-hetero) is 1. The summed E-state index contributed by atoms with van der Waals surface area (Å²) in [5.74, 6) is -0.586. The van der Waals surface area contributed by atoms with Gasteiger partial charge in [-0.25, -0.2) is 19.3 Å². The van der Waals surface area contributed by atoms with Crippen molar-refractivity contribution in [2.75, 3.05) is 26.8 Å². The molecule has 0 aliphatic rings. The lowest BCUT2D eigenvalue weighted by Crippen LogP contribution is -2.45. The average molecular weight is 314 g/mol. The van der Waals surface area contributed by atoms with E-state index in [1.54, 1.807) is 0 Å². The summed E-state index contributed by atoms with van der Waals surface area (Å²) in [6.45, 7) is 6.42. The molecule has 124 valence electrons. The van der Waals surface area contributed by atoms with Gasteiger partial charge in [0.25, 0.3) is 0 Å². The van der Waals surface area contributed by atoms with Crippen molar-refractivity contribution < 1.29 is 28.7 Å². The van der Waals surface area contributed by atoms with E-state index in [0.717, 1.165) is 12.0 Å². The van der Waals surface area contributed by atoms with Crippen molar-refractivity contribution in [1.82, 2.24) is 10.2 Å². The molecule has 0 fully saturated rings. The van der Waals surface area contributed by atoms with E-state index < -0.39 is 18.1 Å². The average Bonchev–Trinajstić information content (AvgIpc) is 2.46. The monoisotopic (exact) mass is 314 g/mol. The number of esters is 1. The summed E-state index contributed by atoms with van der Waals surface area (Å²) in [6, 6.07) is -0.679. The van der Waals surface area contributed by atoms with Crippen LogP contribution in [0.5, 0.6) is 0 Å². The summed E-state index contributed by atoms with van der Waals surface area (Å²) in [4.78, 5) is 46.2. The highest BCUT2D eigenvalue weighted by atomic mass is 16.5. The number of carbonyl (C=O) groups is 4. The SMILES string of the molecule is C=C(C)C(=O)OCCNC(=O)N(CCCC(C)=O)C(=O)OC. The predicted molar refractivity (Wildman–Crippen MR) is 78.2 cm³/mol. The van der Waals surface area contributed by atoms with E-state index in [1.165, 1.54) is 13.8 Å². The number of methoxy groups -OCH3 is 1. The smallest absolute Gasteiger partial charge is 0.417 e. The van der Waals surface area contributed by atoms with E-state index in [9.17, 15) is 19.2 Å². The molecule has 0 rings (SSSR count). The number of hydrogen-bond donors (Lipinski definition) is 1. The number of amides is 3. The molecule has 0 aliphatic carbocycles. The van der Waals surface area contributed by atoms with Gasteiger partial charge < -0.3 is 19.6 Å². The number of rotatable bonds is 8. The fraction of sp³-hybridized carbons (Fsp3) is 0.571. The molecule has 0 unspecified atom stereocenters. The van der Waals surface area contributed by atoms with Gasteiger partial charge in [-0.05, 0) is 20.3 Å². The van der Waals surface area contributed by atoms with Crippen LogP contribution in [0.25, 0.3) is 0 Å². The van der Waals surface area contributed by atoms with Crippen molar-refractivity contribution in [3.63, 3.8) is 0 Å². The first-order valence-electron chi connectivity index (χ1n) is 6.75. The summed E-state index contributed by atoms with van der Waals surface area (Å²) in [6.07, 6.45) is -0.209. The van der Waals surface area contributed by atoms with Gasteiger partial charge in [-0.1, -0.05) is 6.58 Å². The molecule has 3 amide bonds. The van der Waals surface area contributed by atoms with Gasteiger partial charge in [0.05, 0.1) is 13.7 Å². The van der Waals surface area contributed by atoms with E-state index in [4.69, 9.17) is 4.74 Å². The van der Waals surface area contributed by atoms with E-state index in [1.807, 2.05) is 0 Å². The van der Waals surface area contributed by atoms with Crippen LogP contribution in [0.15, 0.2) is 12.2 Å². The second-order valence-electron chi connectivity index (χ2n) is 4.58. The van der Waals surface area contributed by atoms with Crippen molar-refractivity contribution in [1.29, 1.82) is 0 Å². The molecule has 22 heavy (non-hydrogen) atoms. The molecule has 0 radical (unpaired) electrons. The van der Waals surface area contributed by atoms with E-state index in [0.29, 0.717) is 6.42 Å². The lowest BCUT2D eigenvalue weighted by Gasteiger charge is -2.19. The molecule has 8 nitrogen and oxygen atoms in total. The summed E-state index contributed by atoms with van der Waals surface area (Å²) >= 11 is 0.